The van der Waals surface area contributed by atoms with Crippen LogP contribution in [0.3, 0.4) is 0 Å². The summed E-state index contributed by atoms with van der Waals surface area (Å²) in [5, 5.41) is 3.83. The van der Waals surface area contributed by atoms with Crippen LogP contribution in [0.25, 0.3) is 0 Å². The summed E-state index contributed by atoms with van der Waals surface area (Å²) in [4.78, 5) is 14.9. The summed E-state index contributed by atoms with van der Waals surface area (Å²) in [5.41, 5.74) is 2.84. The number of benzene rings is 2. The highest BCUT2D eigenvalue weighted by atomic mass is 35.5. The zero-order chi connectivity index (χ0) is 18.8. The van der Waals surface area contributed by atoms with Gasteiger partial charge in [0.2, 0.25) is 0 Å². The van der Waals surface area contributed by atoms with Crippen LogP contribution in [0.2, 0.25) is 10.0 Å². The molecule has 1 amide bonds. The molecule has 1 N–H and O–H groups in total. The largest absolute Gasteiger partial charge is 0.467 e. The number of anilines is 1. The second kappa shape index (κ2) is 7.67. The van der Waals surface area contributed by atoms with Crippen molar-refractivity contribution in [2.24, 2.45) is 0 Å². The summed E-state index contributed by atoms with van der Waals surface area (Å²) in [6.45, 7) is 1.27. The molecule has 1 aliphatic rings. The fraction of sp³-hybridized carbons (Fsp3) is 0.190. The fourth-order valence-corrected chi connectivity index (χ4v) is 3.86. The van der Waals surface area contributed by atoms with E-state index in [0.29, 0.717) is 22.2 Å². The molecule has 3 aromatic rings. The number of amides is 1. The van der Waals surface area contributed by atoms with E-state index in [1.165, 1.54) is 11.3 Å². The summed E-state index contributed by atoms with van der Waals surface area (Å²) in [7, 11) is 0. The quantitative estimate of drug-likeness (QED) is 0.646. The standard InChI is InChI=1S/C21H18Cl2N2O2/c22-15-7-8-17(23)16(12-15)21(26)24-13-19(20-6-3-11-27-20)25-10-9-14-4-1-2-5-18(14)25/h1-8,11-12,19H,9-10,13H2,(H,24,26). The highest BCUT2D eigenvalue weighted by Gasteiger charge is 2.29. The highest BCUT2D eigenvalue weighted by Crippen LogP contribution is 2.35. The predicted molar refractivity (Wildman–Crippen MR) is 108 cm³/mol. The van der Waals surface area contributed by atoms with Crippen LogP contribution in [0.15, 0.2) is 65.3 Å². The number of furan rings is 1. The van der Waals surface area contributed by atoms with E-state index in [0.717, 1.165) is 18.7 Å². The van der Waals surface area contributed by atoms with Gasteiger partial charge in [0.1, 0.15) is 11.8 Å². The number of nitrogens with one attached hydrogen (secondary N) is 1. The highest BCUT2D eigenvalue weighted by molar-refractivity contribution is 6.35. The van der Waals surface area contributed by atoms with Crippen LogP contribution in [0.4, 0.5) is 5.69 Å². The Morgan fingerprint density at radius 2 is 2.00 bits per heavy atom. The van der Waals surface area contributed by atoms with E-state index in [1.807, 2.05) is 24.3 Å². The summed E-state index contributed by atoms with van der Waals surface area (Å²) in [5.74, 6) is 0.552. The average Bonchev–Trinajstić information content (AvgIpc) is 3.34. The summed E-state index contributed by atoms with van der Waals surface area (Å²) in [6.07, 6.45) is 2.63. The number of carbonyl (C=O) groups excluding carboxylic acids is 1. The van der Waals surface area contributed by atoms with Gasteiger partial charge in [-0.05, 0) is 48.4 Å². The first-order valence-corrected chi connectivity index (χ1v) is 9.50. The first-order valence-electron chi connectivity index (χ1n) is 8.74. The van der Waals surface area contributed by atoms with Gasteiger partial charge >= 0.3 is 0 Å². The van der Waals surface area contributed by atoms with Gasteiger partial charge in [-0.2, -0.15) is 0 Å². The molecule has 1 atom stereocenters. The molecule has 1 aliphatic heterocycles. The van der Waals surface area contributed by atoms with Crippen molar-refractivity contribution in [3.8, 4) is 0 Å². The van der Waals surface area contributed by atoms with Crippen molar-refractivity contribution in [3.63, 3.8) is 0 Å². The van der Waals surface area contributed by atoms with Gasteiger partial charge in [-0.3, -0.25) is 4.79 Å². The zero-order valence-corrected chi connectivity index (χ0v) is 16.0. The van der Waals surface area contributed by atoms with Crippen LogP contribution in [0.5, 0.6) is 0 Å². The van der Waals surface area contributed by atoms with Crippen LogP contribution in [-0.4, -0.2) is 19.0 Å². The van der Waals surface area contributed by atoms with E-state index in [1.54, 1.807) is 24.5 Å². The van der Waals surface area contributed by atoms with Crippen LogP contribution in [0.1, 0.15) is 27.7 Å². The SMILES string of the molecule is O=C(NCC(c1ccco1)N1CCc2ccccc21)c1cc(Cl)ccc1Cl. The van der Waals surface area contributed by atoms with Crippen molar-refractivity contribution in [1.29, 1.82) is 0 Å². The topological polar surface area (TPSA) is 45.5 Å². The lowest BCUT2D eigenvalue weighted by Crippen LogP contribution is -2.37. The second-order valence-electron chi connectivity index (χ2n) is 6.44. The molecular formula is C21H18Cl2N2O2. The van der Waals surface area contributed by atoms with E-state index < -0.39 is 0 Å². The number of fused-ring (bicyclic) bond motifs is 1. The molecule has 0 spiro atoms. The molecule has 2 aromatic carbocycles. The van der Waals surface area contributed by atoms with Crippen LogP contribution in [-0.2, 0) is 6.42 Å². The molecule has 0 saturated carbocycles. The van der Waals surface area contributed by atoms with Gasteiger partial charge in [0.25, 0.3) is 5.91 Å². The maximum Gasteiger partial charge on any atom is 0.252 e. The van der Waals surface area contributed by atoms with E-state index in [9.17, 15) is 4.79 Å². The molecule has 4 nitrogen and oxygen atoms in total. The maximum atomic E-state index is 12.6. The van der Waals surface area contributed by atoms with E-state index in [-0.39, 0.29) is 11.9 Å². The molecule has 4 rings (SSSR count). The first-order chi connectivity index (χ1) is 13.1. The fourth-order valence-electron chi connectivity index (χ4n) is 3.49. The van der Waals surface area contributed by atoms with Crippen molar-refractivity contribution in [1.82, 2.24) is 5.32 Å². The van der Waals surface area contributed by atoms with Gasteiger partial charge in [0, 0.05) is 23.8 Å². The van der Waals surface area contributed by atoms with Gasteiger partial charge in [-0.1, -0.05) is 41.4 Å². The van der Waals surface area contributed by atoms with Crippen LogP contribution >= 0.6 is 23.2 Å². The Balaban J connectivity index is 1.57. The molecule has 6 heteroatoms. The first kappa shape index (κ1) is 18.0. The zero-order valence-electron chi connectivity index (χ0n) is 14.5. The minimum Gasteiger partial charge on any atom is -0.467 e. The predicted octanol–water partition coefficient (Wildman–Crippen LogP) is 5.12. The van der Waals surface area contributed by atoms with Gasteiger partial charge in [0.15, 0.2) is 0 Å². The molecule has 27 heavy (non-hydrogen) atoms. The van der Waals surface area contributed by atoms with Crippen molar-refractivity contribution in [3.05, 3.63) is 87.8 Å². The molecule has 0 radical (unpaired) electrons. The summed E-state index contributed by atoms with van der Waals surface area (Å²) in [6, 6.07) is 16.9. The molecule has 1 unspecified atom stereocenters. The number of para-hydroxylation sites is 1. The third kappa shape index (κ3) is 3.68. The third-order valence-corrected chi connectivity index (χ3v) is 5.36. The molecule has 0 aliphatic carbocycles. The number of nitrogens with zero attached hydrogens (tertiary/aromatic N) is 1. The van der Waals surface area contributed by atoms with E-state index >= 15 is 0 Å². The van der Waals surface area contributed by atoms with Crippen molar-refractivity contribution < 1.29 is 9.21 Å². The maximum absolute atomic E-state index is 12.6. The Labute approximate surface area is 167 Å². The monoisotopic (exact) mass is 400 g/mol. The Morgan fingerprint density at radius 1 is 1.15 bits per heavy atom. The van der Waals surface area contributed by atoms with Gasteiger partial charge in [-0.25, -0.2) is 0 Å². The van der Waals surface area contributed by atoms with Gasteiger partial charge in [-0.15, -0.1) is 0 Å². The van der Waals surface area contributed by atoms with Crippen LogP contribution in [0, 0.1) is 0 Å². The van der Waals surface area contributed by atoms with E-state index in [2.05, 4.69) is 22.3 Å². The molecule has 138 valence electrons. The minimum atomic E-state index is -0.258. The second-order valence-corrected chi connectivity index (χ2v) is 7.28. The van der Waals surface area contributed by atoms with Crippen LogP contribution < -0.4 is 10.2 Å². The lowest BCUT2D eigenvalue weighted by atomic mass is 10.1. The molecule has 0 fully saturated rings. The van der Waals surface area contributed by atoms with Gasteiger partial charge in [0.05, 0.1) is 16.8 Å². The molecular weight excluding hydrogens is 383 g/mol. The normalized spacial score (nSPS) is 14.1. The minimum absolute atomic E-state index is 0.106. The van der Waals surface area contributed by atoms with Crippen molar-refractivity contribution in [2.75, 3.05) is 18.0 Å². The summed E-state index contributed by atoms with van der Waals surface area (Å²) < 4.78 is 5.66. The summed E-state index contributed by atoms with van der Waals surface area (Å²) >= 11 is 12.2. The lowest BCUT2D eigenvalue weighted by Gasteiger charge is -2.29. The van der Waals surface area contributed by atoms with Crippen molar-refractivity contribution in [2.45, 2.75) is 12.5 Å². The number of carbonyl (C=O) groups is 1. The van der Waals surface area contributed by atoms with Gasteiger partial charge < -0.3 is 14.6 Å². The molecule has 2 heterocycles. The average molecular weight is 401 g/mol. The Bertz CT molecular complexity index is 957. The molecule has 0 bridgehead atoms. The number of rotatable bonds is 5. The van der Waals surface area contributed by atoms with E-state index in [4.69, 9.17) is 27.6 Å². The Hall–Kier alpha value is -2.43. The smallest absolute Gasteiger partial charge is 0.252 e. The Morgan fingerprint density at radius 3 is 2.81 bits per heavy atom. The number of halogens is 2. The molecule has 0 saturated heterocycles. The number of hydrogen-bond acceptors (Lipinski definition) is 3. The number of hydrogen-bond donors (Lipinski definition) is 1. The van der Waals surface area contributed by atoms with Crippen molar-refractivity contribution >= 4 is 34.8 Å². The molecule has 1 aromatic heterocycles. The third-order valence-electron chi connectivity index (χ3n) is 4.80. The lowest BCUT2D eigenvalue weighted by molar-refractivity contribution is 0.0950. The Kier molecular flexibility index (Phi) is 5.10.